The summed E-state index contributed by atoms with van der Waals surface area (Å²) >= 11 is 11.5. The van der Waals surface area contributed by atoms with Crippen LogP contribution in [0.5, 0.6) is 0 Å². The van der Waals surface area contributed by atoms with E-state index in [9.17, 15) is 4.79 Å². The lowest BCUT2D eigenvalue weighted by Crippen LogP contribution is -2.10. The molecule has 1 unspecified atom stereocenters. The molecule has 0 bridgehead atoms. The molecule has 0 aliphatic heterocycles. The summed E-state index contributed by atoms with van der Waals surface area (Å²) < 4.78 is 0. The van der Waals surface area contributed by atoms with E-state index in [0.29, 0.717) is 16.5 Å². The largest absolute Gasteiger partial charge is 0.481 e. The van der Waals surface area contributed by atoms with Crippen LogP contribution in [0.25, 0.3) is 0 Å². The highest BCUT2D eigenvalue weighted by Crippen LogP contribution is 2.31. The van der Waals surface area contributed by atoms with E-state index in [0.717, 1.165) is 0 Å². The van der Waals surface area contributed by atoms with E-state index in [2.05, 4.69) is 0 Å². The Labute approximate surface area is 80.5 Å². The third-order valence-electron chi connectivity index (χ3n) is 1.68. The lowest BCUT2D eigenvalue weighted by Gasteiger charge is -2.16. The molecule has 0 spiro atoms. The van der Waals surface area contributed by atoms with Crippen molar-refractivity contribution in [3.8, 4) is 0 Å². The second-order valence-corrected chi connectivity index (χ2v) is 3.59. The van der Waals surface area contributed by atoms with E-state index >= 15 is 0 Å². The first-order valence-corrected chi connectivity index (χ1v) is 4.28. The van der Waals surface area contributed by atoms with Crippen LogP contribution in [-0.4, -0.2) is 11.1 Å². The quantitative estimate of drug-likeness (QED) is 0.755. The fourth-order valence-electron chi connectivity index (χ4n) is 1.09. The molecule has 4 heteroatoms. The van der Waals surface area contributed by atoms with Crippen molar-refractivity contribution in [2.45, 2.75) is 12.8 Å². The predicted molar refractivity (Wildman–Crippen MR) is 48.2 cm³/mol. The lowest BCUT2D eigenvalue weighted by molar-refractivity contribution is -0.137. The van der Waals surface area contributed by atoms with Gasteiger partial charge in [-0.05, 0) is 18.6 Å². The number of rotatable bonds is 2. The fourth-order valence-corrected chi connectivity index (χ4v) is 1.55. The summed E-state index contributed by atoms with van der Waals surface area (Å²) in [4.78, 5) is 10.4. The van der Waals surface area contributed by atoms with Crippen LogP contribution in [-0.2, 0) is 4.79 Å². The minimum Gasteiger partial charge on any atom is -0.481 e. The molecule has 2 nitrogen and oxygen atoms in total. The normalized spacial score (nSPS) is 23.0. The van der Waals surface area contributed by atoms with E-state index in [1.165, 1.54) is 0 Å². The van der Waals surface area contributed by atoms with Gasteiger partial charge in [-0.1, -0.05) is 23.2 Å². The molecule has 1 aliphatic carbocycles. The van der Waals surface area contributed by atoms with Crippen LogP contribution >= 0.6 is 23.2 Å². The molecule has 0 amide bonds. The van der Waals surface area contributed by atoms with E-state index in [-0.39, 0.29) is 12.3 Å². The molecule has 1 aliphatic rings. The van der Waals surface area contributed by atoms with Gasteiger partial charge >= 0.3 is 5.97 Å². The molecule has 0 aromatic carbocycles. The molecule has 0 saturated carbocycles. The van der Waals surface area contributed by atoms with Crippen molar-refractivity contribution < 1.29 is 9.90 Å². The molecule has 0 saturated heterocycles. The number of aliphatic carboxylic acids is 1. The number of carbonyl (C=O) groups is 1. The average Bonchev–Trinajstić information content (AvgIpc) is 1.96. The first-order chi connectivity index (χ1) is 5.59. The second-order valence-electron chi connectivity index (χ2n) is 2.66. The van der Waals surface area contributed by atoms with Crippen LogP contribution in [0, 0.1) is 5.92 Å². The van der Waals surface area contributed by atoms with Crippen molar-refractivity contribution in [1.29, 1.82) is 0 Å². The second kappa shape index (κ2) is 3.97. The van der Waals surface area contributed by atoms with Crippen LogP contribution in [0.2, 0.25) is 0 Å². The summed E-state index contributed by atoms with van der Waals surface area (Å²) in [6, 6.07) is 0. The minimum atomic E-state index is -0.849. The maximum Gasteiger partial charge on any atom is 0.304 e. The molecule has 0 aromatic rings. The standard InChI is InChI=1S/C8H8Cl2O2/c9-6-1-2-7(10)5(3-6)4-8(11)12/h1-2,5H,3-4H2,(H,11,12). The van der Waals surface area contributed by atoms with E-state index in [4.69, 9.17) is 28.3 Å². The highest BCUT2D eigenvalue weighted by atomic mass is 35.5. The van der Waals surface area contributed by atoms with Crippen molar-refractivity contribution >= 4 is 29.2 Å². The van der Waals surface area contributed by atoms with Gasteiger partial charge in [0.05, 0.1) is 6.42 Å². The molecule has 0 fully saturated rings. The zero-order chi connectivity index (χ0) is 9.14. The predicted octanol–water partition coefficient (Wildman–Crippen LogP) is 2.73. The van der Waals surface area contributed by atoms with E-state index in [1.807, 2.05) is 0 Å². The van der Waals surface area contributed by atoms with Gasteiger partial charge in [0.2, 0.25) is 0 Å². The molecule has 66 valence electrons. The van der Waals surface area contributed by atoms with Crippen LogP contribution in [0.1, 0.15) is 12.8 Å². The molecular formula is C8H8Cl2O2. The fraction of sp³-hybridized carbons (Fsp3) is 0.375. The molecule has 1 N–H and O–H groups in total. The molecule has 12 heavy (non-hydrogen) atoms. The smallest absolute Gasteiger partial charge is 0.304 e. The third kappa shape index (κ3) is 2.54. The maximum atomic E-state index is 10.4. The number of allylic oxidation sites excluding steroid dienone is 4. The van der Waals surface area contributed by atoms with Gasteiger partial charge in [-0.15, -0.1) is 0 Å². The first kappa shape index (κ1) is 9.62. The summed E-state index contributed by atoms with van der Waals surface area (Å²) in [6.45, 7) is 0. The van der Waals surface area contributed by atoms with Gasteiger partial charge in [0, 0.05) is 16.0 Å². The summed E-state index contributed by atoms with van der Waals surface area (Å²) in [6.07, 6.45) is 3.92. The molecule has 0 heterocycles. The Kier molecular flexibility index (Phi) is 3.18. The monoisotopic (exact) mass is 206 g/mol. The summed E-state index contributed by atoms with van der Waals surface area (Å²) in [5.74, 6) is -1.00. The van der Waals surface area contributed by atoms with Crippen LogP contribution < -0.4 is 0 Å². The van der Waals surface area contributed by atoms with Gasteiger partial charge in [-0.3, -0.25) is 4.79 Å². The van der Waals surface area contributed by atoms with Gasteiger partial charge in [0.25, 0.3) is 0 Å². The summed E-state index contributed by atoms with van der Waals surface area (Å²) in [7, 11) is 0. The molecule has 0 radical (unpaired) electrons. The lowest BCUT2D eigenvalue weighted by atomic mass is 9.97. The molecule has 1 rings (SSSR count). The Balaban J connectivity index is 2.64. The Bertz CT molecular complexity index is 254. The average molecular weight is 207 g/mol. The van der Waals surface area contributed by atoms with Gasteiger partial charge < -0.3 is 5.11 Å². The molecule has 0 aromatic heterocycles. The van der Waals surface area contributed by atoms with Crippen molar-refractivity contribution in [2.24, 2.45) is 5.92 Å². The topological polar surface area (TPSA) is 37.3 Å². The van der Waals surface area contributed by atoms with Crippen molar-refractivity contribution in [3.63, 3.8) is 0 Å². The van der Waals surface area contributed by atoms with Crippen molar-refractivity contribution in [3.05, 3.63) is 22.2 Å². The van der Waals surface area contributed by atoms with Crippen LogP contribution in [0.15, 0.2) is 22.2 Å². The zero-order valence-electron chi connectivity index (χ0n) is 6.26. The number of hydrogen-bond acceptors (Lipinski definition) is 1. The summed E-state index contributed by atoms with van der Waals surface area (Å²) in [5.41, 5.74) is 0. The minimum absolute atomic E-state index is 0.0411. The Morgan fingerprint density at radius 1 is 1.58 bits per heavy atom. The number of hydrogen-bond donors (Lipinski definition) is 1. The first-order valence-electron chi connectivity index (χ1n) is 3.53. The van der Waals surface area contributed by atoms with Gasteiger partial charge in [-0.25, -0.2) is 0 Å². The van der Waals surface area contributed by atoms with Gasteiger partial charge in [0.1, 0.15) is 0 Å². The number of carboxylic acid groups (broad SMARTS) is 1. The van der Waals surface area contributed by atoms with Crippen molar-refractivity contribution in [1.82, 2.24) is 0 Å². The van der Waals surface area contributed by atoms with Crippen LogP contribution in [0.3, 0.4) is 0 Å². The van der Waals surface area contributed by atoms with Crippen molar-refractivity contribution in [2.75, 3.05) is 0 Å². The summed E-state index contributed by atoms with van der Waals surface area (Å²) in [5, 5.41) is 9.75. The van der Waals surface area contributed by atoms with E-state index in [1.54, 1.807) is 12.2 Å². The highest BCUT2D eigenvalue weighted by molar-refractivity contribution is 6.32. The SMILES string of the molecule is O=C(O)CC1CC(Cl)=CC=C1Cl. The van der Waals surface area contributed by atoms with E-state index < -0.39 is 5.97 Å². The highest BCUT2D eigenvalue weighted by Gasteiger charge is 2.19. The Morgan fingerprint density at radius 3 is 2.83 bits per heavy atom. The van der Waals surface area contributed by atoms with Gasteiger partial charge in [-0.2, -0.15) is 0 Å². The Hall–Kier alpha value is -0.470. The number of carboxylic acids is 1. The number of halogens is 2. The molecular weight excluding hydrogens is 199 g/mol. The zero-order valence-corrected chi connectivity index (χ0v) is 7.77. The van der Waals surface area contributed by atoms with Crippen LogP contribution in [0.4, 0.5) is 0 Å². The Morgan fingerprint density at radius 2 is 2.25 bits per heavy atom. The maximum absolute atomic E-state index is 10.4. The van der Waals surface area contributed by atoms with Gasteiger partial charge in [0.15, 0.2) is 0 Å². The third-order valence-corrected chi connectivity index (χ3v) is 2.39. The molecule has 1 atom stereocenters.